The molecule has 3 fully saturated rings. The average Bonchev–Trinajstić information content (AvgIpc) is 3.19. The smallest absolute Gasteiger partial charge is 0.307 e. The summed E-state index contributed by atoms with van der Waals surface area (Å²) in [5, 5.41) is 3.75. The van der Waals surface area contributed by atoms with E-state index in [1.165, 1.54) is 41.6 Å². The van der Waals surface area contributed by atoms with Gasteiger partial charge in [-0.15, -0.1) is 0 Å². The number of ether oxygens (including phenoxy) is 1. The van der Waals surface area contributed by atoms with E-state index in [9.17, 15) is 4.79 Å². The molecule has 6 rings (SSSR count). The molecule has 4 aliphatic rings. The summed E-state index contributed by atoms with van der Waals surface area (Å²) in [6.07, 6.45) is 8.84. The van der Waals surface area contributed by atoms with Crippen molar-refractivity contribution in [3.05, 3.63) is 71.3 Å². The number of esters is 1. The highest BCUT2D eigenvalue weighted by molar-refractivity contribution is 5.88. The topological polar surface area (TPSA) is 38.3 Å². The third-order valence-electron chi connectivity index (χ3n) is 7.60. The van der Waals surface area contributed by atoms with E-state index in [1.807, 2.05) is 6.07 Å². The van der Waals surface area contributed by atoms with E-state index >= 15 is 0 Å². The van der Waals surface area contributed by atoms with E-state index in [-0.39, 0.29) is 17.4 Å². The number of nitrogens with one attached hydrogen (secondary N) is 1. The number of benzene rings is 2. The van der Waals surface area contributed by atoms with Crippen LogP contribution >= 0.6 is 0 Å². The molecule has 3 nitrogen and oxygen atoms in total. The first kappa shape index (κ1) is 16.4. The standard InChI is InChI=1S/C25H25NO2/c27-22-16-24-19-13-7-8-14-21(19)26-23(24)20(15-17-9-3-1-4-10-17)25(24,28-22)18-11-5-2-6-12-18/h1,3-4,7-10,13-15,18,23,26H,2,5-6,11-12,16H2/b20-15+/t23-,24-,25-/m0/s1. The second-order valence-corrected chi connectivity index (χ2v) is 8.83. The molecule has 2 saturated carbocycles. The lowest BCUT2D eigenvalue weighted by molar-refractivity contribution is -0.158. The monoisotopic (exact) mass is 371 g/mol. The van der Waals surface area contributed by atoms with Crippen LogP contribution in [0.3, 0.4) is 0 Å². The lowest BCUT2D eigenvalue weighted by Crippen LogP contribution is -2.72. The highest BCUT2D eigenvalue weighted by Gasteiger charge is 2.80. The van der Waals surface area contributed by atoms with E-state index in [1.54, 1.807) is 0 Å². The summed E-state index contributed by atoms with van der Waals surface area (Å²) in [5.74, 6) is 0.373. The van der Waals surface area contributed by atoms with Crippen molar-refractivity contribution in [3.63, 3.8) is 0 Å². The Labute approximate surface area is 165 Å². The first-order valence-electron chi connectivity index (χ1n) is 10.6. The summed E-state index contributed by atoms with van der Waals surface area (Å²) in [4.78, 5) is 12.8. The molecule has 2 aliphatic carbocycles. The number of hydrogen-bond acceptors (Lipinski definition) is 3. The van der Waals surface area contributed by atoms with E-state index in [4.69, 9.17) is 4.74 Å². The third-order valence-corrected chi connectivity index (χ3v) is 7.60. The number of hydrogen-bond donors (Lipinski definition) is 1. The predicted octanol–water partition coefficient (Wildman–Crippen LogP) is 5.08. The number of para-hydroxylation sites is 1. The Kier molecular flexibility index (Phi) is 3.36. The van der Waals surface area contributed by atoms with Crippen molar-refractivity contribution in [2.24, 2.45) is 5.92 Å². The lowest BCUT2D eigenvalue weighted by Gasteiger charge is -2.61. The zero-order chi connectivity index (χ0) is 18.8. The highest BCUT2D eigenvalue weighted by Crippen LogP contribution is 2.71. The van der Waals surface area contributed by atoms with Gasteiger partial charge < -0.3 is 10.1 Å². The van der Waals surface area contributed by atoms with Crippen molar-refractivity contribution in [3.8, 4) is 0 Å². The quantitative estimate of drug-likeness (QED) is 0.748. The molecule has 0 amide bonds. The van der Waals surface area contributed by atoms with Gasteiger partial charge in [0, 0.05) is 11.6 Å². The Morgan fingerprint density at radius 3 is 2.54 bits per heavy atom. The molecule has 0 aromatic heterocycles. The SMILES string of the molecule is O=C1C[C@]23c4ccccc4N[C@H]2/C(=C\c2ccccc2)[C@]3(C2CCCCC2)O1. The van der Waals surface area contributed by atoms with Crippen LogP contribution in [0.25, 0.3) is 6.08 Å². The number of rotatable bonds is 2. The van der Waals surface area contributed by atoms with Crippen molar-refractivity contribution in [1.29, 1.82) is 0 Å². The van der Waals surface area contributed by atoms with Crippen LogP contribution in [0.2, 0.25) is 0 Å². The van der Waals surface area contributed by atoms with Gasteiger partial charge in [-0.3, -0.25) is 4.79 Å². The Morgan fingerprint density at radius 1 is 0.964 bits per heavy atom. The zero-order valence-electron chi connectivity index (χ0n) is 16.0. The molecule has 2 heterocycles. The van der Waals surface area contributed by atoms with Crippen molar-refractivity contribution in [2.75, 3.05) is 5.32 Å². The molecule has 2 aliphatic heterocycles. The van der Waals surface area contributed by atoms with Gasteiger partial charge >= 0.3 is 5.97 Å². The minimum Gasteiger partial charge on any atom is -0.453 e. The first-order valence-corrected chi connectivity index (χ1v) is 10.6. The molecule has 0 bridgehead atoms. The van der Waals surface area contributed by atoms with Crippen molar-refractivity contribution in [1.82, 2.24) is 0 Å². The molecular weight excluding hydrogens is 346 g/mol. The van der Waals surface area contributed by atoms with Crippen LogP contribution in [0.1, 0.15) is 49.7 Å². The van der Waals surface area contributed by atoms with Crippen LogP contribution in [0.4, 0.5) is 5.69 Å². The van der Waals surface area contributed by atoms with Gasteiger partial charge in [-0.2, -0.15) is 0 Å². The maximum atomic E-state index is 12.8. The molecule has 28 heavy (non-hydrogen) atoms. The fourth-order valence-corrected chi connectivity index (χ4v) is 6.62. The van der Waals surface area contributed by atoms with Gasteiger partial charge in [0.2, 0.25) is 0 Å². The Bertz CT molecular complexity index is 975. The summed E-state index contributed by atoms with van der Waals surface area (Å²) < 4.78 is 6.39. The molecule has 142 valence electrons. The highest BCUT2D eigenvalue weighted by atomic mass is 16.6. The Balaban J connectivity index is 1.57. The van der Waals surface area contributed by atoms with Crippen LogP contribution in [0.5, 0.6) is 0 Å². The maximum Gasteiger partial charge on any atom is 0.307 e. The summed E-state index contributed by atoms with van der Waals surface area (Å²) in [6.45, 7) is 0. The van der Waals surface area contributed by atoms with Gasteiger partial charge in [-0.25, -0.2) is 0 Å². The van der Waals surface area contributed by atoms with Crippen LogP contribution in [-0.4, -0.2) is 17.6 Å². The first-order chi connectivity index (χ1) is 13.8. The fourth-order valence-electron chi connectivity index (χ4n) is 6.62. The number of fused-ring (bicyclic) bond motifs is 1. The zero-order valence-corrected chi connectivity index (χ0v) is 16.0. The second-order valence-electron chi connectivity index (χ2n) is 8.83. The number of carbonyl (C=O) groups is 1. The van der Waals surface area contributed by atoms with Gasteiger partial charge in [0.1, 0.15) is 0 Å². The Hall–Kier alpha value is -2.55. The number of carbonyl (C=O) groups excluding carboxylic acids is 1. The fraction of sp³-hybridized carbons (Fsp3) is 0.400. The minimum atomic E-state index is -0.482. The van der Waals surface area contributed by atoms with Crippen LogP contribution in [0.15, 0.2) is 60.2 Å². The van der Waals surface area contributed by atoms with Gasteiger partial charge in [0.05, 0.1) is 17.9 Å². The van der Waals surface area contributed by atoms with Gasteiger partial charge in [-0.1, -0.05) is 67.8 Å². The summed E-state index contributed by atoms with van der Waals surface area (Å²) in [7, 11) is 0. The third kappa shape index (κ3) is 1.87. The van der Waals surface area contributed by atoms with E-state index in [0.29, 0.717) is 12.3 Å². The molecule has 3 heteroatoms. The second kappa shape index (κ2) is 5.73. The van der Waals surface area contributed by atoms with Gasteiger partial charge in [-0.05, 0) is 41.7 Å². The van der Waals surface area contributed by atoms with Crippen LogP contribution in [0, 0.1) is 5.92 Å². The van der Waals surface area contributed by atoms with Crippen LogP contribution < -0.4 is 5.32 Å². The molecule has 3 atom stereocenters. The van der Waals surface area contributed by atoms with E-state index in [2.05, 4.69) is 59.9 Å². The molecule has 1 spiro atoms. The van der Waals surface area contributed by atoms with Gasteiger partial charge in [0.25, 0.3) is 0 Å². The summed E-state index contributed by atoms with van der Waals surface area (Å²) >= 11 is 0. The summed E-state index contributed by atoms with van der Waals surface area (Å²) in [5.41, 5.74) is 4.17. The lowest BCUT2D eigenvalue weighted by atomic mass is 9.44. The van der Waals surface area contributed by atoms with Gasteiger partial charge in [0.15, 0.2) is 5.60 Å². The summed E-state index contributed by atoms with van der Waals surface area (Å²) in [6, 6.07) is 19.2. The predicted molar refractivity (Wildman–Crippen MR) is 110 cm³/mol. The van der Waals surface area contributed by atoms with E-state index < -0.39 is 5.60 Å². The van der Waals surface area contributed by atoms with Crippen LogP contribution in [-0.2, 0) is 14.9 Å². The largest absolute Gasteiger partial charge is 0.453 e. The molecule has 2 aromatic rings. The molecular formula is C25H25NO2. The molecule has 0 radical (unpaired) electrons. The minimum absolute atomic E-state index is 0.0365. The molecule has 0 unspecified atom stereocenters. The normalized spacial score (nSPS) is 34.8. The van der Waals surface area contributed by atoms with Crippen molar-refractivity contribution in [2.45, 2.75) is 55.6 Å². The van der Waals surface area contributed by atoms with E-state index in [0.717, 1.165) is 12.8 Å². The van der Waals surface area contributed by atoms with Crippen molar-refractivity contribution >= 4 is 17.7 Å². The average molecular weight is 371 g/mol. The molecule has 1 N–H and O–H groups in total. The maximum absolute atomic E-state index is 12.8. The number of anilines is 1. The van der Waals surface area contributed by atoms with Crippen molar-refractivity contribution < 1.29 is 9.53 Å². The molecule has 2 aromatic carbocycles. The Morgan fingerprint density at radius 2 is 1.71 bits per heavy atom. The molecule has 1 saturated heterocycles.